The highest BCUT2D eigenvalue weighted by Crippen LogP contribution is 2.33. The lowest BCUT2D eigenvalue weighted by Gasteiger charge is -2.16. The molecule has 2 aromatic heterocycles. The van der Waals surface area contributed by atoms with Crippen molar-refractivity contribution < 1.29 is 39.6 Å². The molecule has 174 valence electrons. The number of aliphatic imine (C=N–C) groups is 1. The summed E-state index contributed by atoms with van der Waals surface area (Å²) in [6, 6.07) is 0.769. The molecule has 0 amide bonds. The van der Waals surface area contributed by atoms with Gasteiger partial charge >= 0.3 is 12.4 Å². The Kier molecular flexibility index (Phi) is 6.06. The number of aromatic nitrogens is 3. The van der Waals surface area contributed by atoms with Crippen LogP contribution in [0.4, 0.5) is 26.3 Å². The number of hydrogen-bond acceptors (Lipinski definition) is 7. The lowest BCUT2D eigenvalue weighted by Crippen LogP contribution is -2.20. The highest BCUT2D eigenvalue weighted by atomic mass is 32.2. The molecule has 1 aliphatic heterocycles. The first-order chi connectivity index (χ1) is 14.7. The van der Waals surface area contributed by atoms with Gasteiger partial charge in [-0.3, -0.25) is 0 Å². The maximum absolute atomic E-state index is 13.0. The molecule has 0 bridgehead atoms. The Balaban J connectivity index is 2.08. The number of allylic oxidation sites excluding steroid dienone is 1. The van der Waals surface area contributed by atoms with Crippen molar-refractivity contribution in [3.05, 3.63) is 28.6 Å². The second-order valence-corrected chi connectivity index (χ2v) is 8.94. The molecule has 3 heterocycles. The van der Waals surface area contributed by atoms with E-state index >= 15 is 0 Å². The van der Waals surface area contributed by atoms with Crippen LogP contribution in [0.2, 0.25) is 0 Å². The molecule has 1 aliphatic rings. The molecule has 0 aliphatic carbocycles. The average Bonchev–Trinajstić information content (AvgIpc) is 3.02. The minimum absolute atomic E-state index is 0.0527. The van der Waals surface area contributed by atoms with Gasteiger partial charge in [0.1, 0.15) is 16.9 Å². The van der Waals surface area contributed by atoms with E-state index < -0.39 is 40.8 Å². The van der Waals surface area contributed by atoms with Crippen LogP contribution in [-0.4, -0.2) is 53.4 Å². The second-order valence-electron chi connectivity index (χ2n) is 6.64. The predicted octanol–water partition coefficient (Wildman–Crippen LogP) is 3.50. The number of imidazole rings is 1. The van der Waals surface area contributed by atoms with Crippen molar-refractivity contribution in [2.75, 3.05) is 12.4 Å². The highest BCUT2D eigenvalue weighted by molar-refractivity contribution is 7.95. The standard InChI is InChI=1S/C17H15F6N5O3S/c1-3-32(29,30)12-5-10(27-31-8-16(18,19)20)7-24-13(12)15-26-11-4-9(17(21,22)23)6-25-14(11)28(15)2/h4,6-7H,3,5,8H2,1-2H3. The van der Waals surface area contributed by atoms with Crippen molar-refractivity contribution >= 4 is 38.6 Å². The molecular weight excluding hydrogens is 468 g/mol. The summed E-state index contributed by atoms with van der Waals surface area (Å²) in [5, 5.41) is 3.28. The summed E-state index contributed by atoms with van der Waals surface area (Å²) in [7, 11) is -2.52. The van der Waals surface area contributed by atoms with Crippen LogP contribution in [-0.2, 0) is 27.9 Å². The van der Waals surface area contributed by atoms with Gasteiger partial charge in [0.05, 0.1) is 22.4 Å². The normalized spacial score (nSPS) is 16.9. The molecule has 0 N–H and O–H groups in total. The van der Waals surface area contributed by atoms with E-state index in [0.717, 1.165) is 12.3 Å². The number of nitrogens with zero attached hydrogens (tertiary/aromatic N) is 5. The summed E-state index contributed by atoms with van der Waals surface area (Å²) in [6.45, 7) is -0.323. The van der Waals surface area contributed by atoms with Gasteiger partial charge in [-0.2, -0.15) is 26.3 Å². The first-order valence-electron chi connectivity index (χ1n) is 8.88. The maximum Gasteiger partial charge on any atom is 0.425 e. The number of fused-ring (bicyclic) bond motifs is 1. The van der Waals surface area contributed by atoms with E-state index in [1.54, 1.807) is 0 Å². The number of halogens is 6. The second kappa shape index (κ2) is 8.18. The molecule has 0 fully saturated rings. The first kappa shape index (κ1) is 23.7. The van der Waals surface area contributed by atoms with Crippen molar-refractivity contribution in [3.8, 4) is 0 Å². The molecule has 3 rings (SSSR count). The van der Waals surface area contributed by atoms with Gasteiger partial charge in [-0.25, -0.2) is 23.4 Å². The fourth-order valence-electron chi connectivity index (χ4n) is 2.81. The van der Waals surface area contributed by atoms with Crippen molar-refractivity contribution in [3.63, 3.8) is 0 Å². The number of hydrogen-bond donors (Lipinski definition) is 0. The Bertz CT molecular complexity index is 1240. The summed E-state index contributed by atoms with van der Waals surface area (Å²) in [4.78, 5) is 15.7. The Morgan fingerprint density at radius 1 is 1.22 bits per heavy atom. The third kappa shape index (κ3) is 4.92. The van der Waals surface area contributed by atoms with Gasteiger partial charge < -0.3 is 9.40 Å². The lowest BCUT2D eigenvalue weighted by molar-refractivity contribution is -0.173. The number of sulfone groups is 1. The van der Waals surface area contributed by atoms with Gasteiger partial charge in [0.15, 0.2) is 21.3 Å². The van der Waals surface area contributed by atoms with Crippen LogP contribution >= 0.6 is 0 Å². The molecular formula is C17H15F6N5O3S. The number of aryl methyl sites for hydroxylation is 1. The van der Waals surface area contributed by atoms with Crippen LogP contribution in [0.15, 0.2) is 27.3 Å². The summed E-state index contributed by atoms with van der Waals surface area (Å²) >= 11 is 0. The zero-order valence-electron chi connectivity index (χ0n) is 16.5. The molecule has 0 radical (unpaired) electrons. The van der Waals surface area contributed by atoms with Crippen LogP contribution in [0.1, 0.15) is 24.7 Å². The van der Waals surface area contributed by atoms with Crippen molar-refractivity contribution in [1.82, 2.24) is 14.5 Å². The fourth-order valence-corrected chi connectivity index (χ4v) is 3.96. The topological polar surface area (TPSA) is 98.8 Å². The summed E-state index contributed by atoms with van der Waals surface area (Å²) < 4.78 is 102. The van der Waals surface area contributed by atoms with Crippen molar-refractivity contribution in [1.29, 1.82) is 0 Å². The van der Waals surface area contributed by atoms with Crippen molar-refractivity contribution in [2.24, 2.45) is 17.2 Å². The van der Waals surface area contributed by atoms with Crippen LogP contribution in [0.3, 0.4) is 0 Å². The number of pyridine rings is 1. The smallest absolute Gasteiger partial charge is 0.386 e. The zero-order valence-corrected chi connectivity index (χ0v) is 17.3. The Hall–Kier alpha value is -2.97. The van der Waals surface area contributed by atoms with Gasteiger partial charge in [-0.1, -0.05) is 12.1 Å². The molecule has 0 aromatic carbocycles. The molecule has 0 spiro atoms. The summed E-state index contributed by atoms with van der Waals surface area (Å²) in [5.74, 6) is -0.441. The minimum Gasteiger partial charge on any atom is -0.386 e. The van der Waals surface area contributed by atoms with E-state index in [4.69, 9.17) is 0 Å². The Labute approximate surface area is 177 Å². The zero-order chi connectivity index (χ0) is 23.9. The monoisotopic (exact) mass is 483 g/mol. The lowest BCUT2D eigenvalue weighted by atomic mass is 10.2. The molecule has 8 nitrogen and oxygen atoms in total. The molecule has 0 unspecified atom stereocenters. The molecule has 0 saturated heterocycles. The molecule has 15 heteroatoms. The van der Waals surface area contributed by atoms with Crippen LogP contribution in [0.5, 0.6) is 0 Å². The summed E-state index contributed by atoms with van der Waals surface area (Å²) in [5.41, 5.74) is -1.47. The maximum atomic E-state index is 13.0. The SMILES string of the molecule is CCS(=O)(=O)C1=C(c2nc3cc(C(F)(F)F)cnc3n2C)N=CC(=NOCC(F)(F)F)C1. The fraction of sp³-hybridized carbons (Fsp3) is 0.412. The van der Waals surface area contributed by atoms with E-state index in [1.807, 2.05) is 0 Å². The van der Waals surface area contributed by atoms with Gasteiger partial charge in [-0.05, 0) is 6.07 Å². The largest absolute Gasteiger partial charge is 0.425 e. The predicted molar refractivity (Wildman–Crippen MR) is 102 cm³/mol. The van der Waals surface area contributed by atoms with Crippen molar-refractivity contribution in [2.45, 2.75) is 25.7 Å². The third-order valence-electron chi connectivity index (χ3n) is 4.36. The van der Waals surface area contributed by atoms with Crippen LogP contribution in [0.25, 0.3) is 16.9 Å². The van der Waals surface area contributed by atoms with Crippen LogP contribution in [0, 0.1) is 0 Å². The van der Waals surface area contributed by atoms with Gasteiger partial charge in [-0.15, -0.1) is 0 Å². The van der Waals surface area contributed by atoms with Crippen LogP contribution < -0.4 is 0 Å². The average molecular weight is 483 g/mol. The molecule has 2 aromatic rings. The first-order valence-corrected chi connectivity index (χ1v) is 10.5. The van der Waals surface area contributed by atoms with E-state index in [9.17, 15) is 34.8 Å². The highest BCUT2D eigenvalue weighted by Gasteiger charge is 2.33. The van der Waals surface area contributed by atoms with E-state index in [1.165, 1.54) is 18.5 Å². The van der Waals surface area contributed by atoms with Gasteiger partial charge in [0.2, 0.25) is 6.61 Å². The quantitative estimate of drug-likeness (QED) is 0.479. The number of alkyl halides is 6. The Morgan fingerprint density at radius 2 is 1.91 bits per heavy atom. The summed E-state index contributed by atoms with van der Waals surface area (Å²) in [6.07, 6.45) is -8.09. The number of oxime groups is 1. The van der Waals surface area contributed by atoms with E-state index in [2.05, 4.69) is 25.0 Å². The third-order valence-corrected chi connectivity index (χ3v) is 6.21. The molecule has 0 saturated carbocycles. The van der Waals surface area contributed by atoms with E-state index in [0.29, 0.717) is 6.20 Å². The van der Waals surface area contributed by atoms with Gasteiger partial charge in [0, 0.05) is 19.7 Å². The number of rotatable bonds is 5. The van der Waals surface area contributed by atoms with E-state index in [-0.39, 0.29) is 39.1 Å². The van der Waals surface area contributed by atoms with Gasteiger partial charge in [0.25, 0.3) is 0 Å². The Morgan fingerprint density at radius 3 is 2.50 bits per heavy atom. The molecule has 32 heavy (non-hydrogen) atoms. The molecule has 0 atom stereocenters. The minimum atomic E-state index is -4.65.